The zero-order valence-corrected chi connectivity index (χ0v) is 12.4. The summed E-state index contributed by atoms with van der Waals surface area (Å²) in [5, 5.41) is 2.57. The minimum atomic E-state index is -4.02. The molecule has 1 aliphatic rings. The van der Waals surface area contributed by atoms with E-state index in [1.165, 1.54) is 12.1 Å². The molecule has 0 radical (unpaired) electrons. The van der Waals surface area contributed by atoms with Crippen LogP contribution in [0.1, 0.15) is 5.56 Å². The second-order valence-corrected chi connectivity index (χ2v) is 7.12. The lowest BCUT2D eigenvalue weighted by atomic mass is 10.2. The molecule has 0 atom stereocenters. The first kappa shape index (κ1) is 15.6. The fourth-order valence-corrected chi connectivity index (χ4v) is 4.07. The lowest BCUT2D eigenvalue weighted by Gasteiger charge is -2.23. The van der Waals surface area contributed by atoms with Gasteiger partial charge in [0.1, 0.15) is 4.90 Å². The maximum absolute atomic E-state index is 13.5. The third kappa shape index (κ3) is 3.28. The highest BCUT2D eigenvalue weighted by molar-refractivity contribution is 7.89. The van der Waals surface area contributed by atoms with E-state index in [2.05, 4.69) is 5.32 Å². The Labute approximate surface area is 121 Å². The molecule has 4 nitrogen and oxygen atoms in total. The fraction of sp³-hybridized carbons (Fsp3) is 0.500. The number of hydrogen-bond acceptors (Lipinski definition) is 3. The van der Waals surface area contributed by atoms with Crippen molar-refractivity contribution >= 4 is 21.6 Å². The van der Waals surface area contributed by atoms with Crippen molar-refractivity contribution in [2.45, 2.75) is 17.7 Å². The number of nitrogens with one attached hydrogen (secondary N) is 1. The van der Waals surface area contributed by atoms with E-state index in [4.69, 9.17) is 11.6 Å². The number of halogens is 3. The highest BCUT2D eigenvalue weighted by Gasteiger charge is 2.39. The SMILES string of the molecule is Cc1ccc(S(=O)(=O)N2CCNCC(F)(F)C2)c(Cl)c1. The van der Waals surface area contributed by atoms with E-state index in [0.717, 1.165) is 9.87 Å². The lowest BCUT2D eigenvalue weighted by Crippen LogP contribution is -2.41. The standard InChI is InChI=1S/C12H15ClF2N2O2S/c1-9-2-3-11(10(13)6-9)20(18,19)17-5-4-16-7-12(14,15)8-17/h2-3,6,16H,4-5,7-8H2,1H3. The zero-order valence-electron chi connectivity index (χ0n) is 10.9. The van der Waals surface area contributed by atoms with Crippen LogP contribution >= 0.6 is 11.6 Å². The quantitative estimate of drug-likeness (QED) is 0.903. The average molecular weight is 325 g/mol. The summed E-state index contributed by atoms with van der Waals surface area (Å²) in [7, 11) is -4.02. The van der Waals surface area contributed by atoms with E-state index in [0.29, 0.717) is 0 Å². The highest BCUT2D eigenvalue weighted by atomic mass is 35.5. The third-order valence-electron chi connectivity index (χ3n) is 3.03. The highest BCUT2D eigenvalue weighted by Crippen LogP contribution is 2.28. The maximum Gasteiger partial charge on any atom is 0.273 e. The summed E-state index contributed by atoms with van der Waals surface area (Å²) in [6.07, 6.45) is 0. The van der Waals surface area contributed by atoms with Crippen LogP contribution in [0.3, 0.4) is 0 Å². The van der Waals surface area contributed by atoms with Gasteiger partial charge in [0, 0.05) is 13.1 Å². The van der Waals surface area contributed by atoms with E-state index >= 15 is 0 Å². The van der Waals surface area contributed by atoms with Gasteiger partial charge < -0.3 is 5.32 Å². The molecular formula is C12H15ClF2N2O2S. The Morgan fingerprint density at radius 2 is 2.10 bits per heavy atom. The first-order valence-corrected chi connectivity index (χ1v) is 7.89. The number of sulfonamides is 1. The van der Waals surface area contributed by atoms with Crippen molar-refractivity contribution in [3.05, 3.63) is 28.8 Å². The van der Waals surface area contributed by atoms with Crippen molar-refractivity contribution in [2.75, 3.05) is 26.2 Å². The van der Waals surface area contributed by atoms with Crippen molar-refractivity contribution in [1.29, 1.82) is 0 Å². The topological polar surface area (TPSA) is 49.4 Å². The van der Waals surface area contributed by atoms with Gasteiger partial charge in [-0.25, -0.2) is 17.2 Å². The van der Waals surface area contributed by atoms with Gasteiger partial charge in [0.25, 0.3) is 5.92 Å². The van der Waals surface area contributed by atoms with Gasteiger partial charge in [-0.3, -0.25) is 0 Å². The summed E-state index contributed by atoms with van der Waals surface area (Å²) in [5.74, 6) is -3.10. The minimum absolute atomic E-state index is 0.0118. The van der Waals surface area contributed by atoms with Crippen molar-refractivity contribution < 1.29 is 17.2 Å². The molecule has 1 aliphatic heterocycles. The van der Waals surface area contributed by atoms with E-state index in [-0.39, 0.29) is 23.0 Å². The van der Waals surface area contributed by atoms with Gasteiger partial charge >= 0.3 is 0 Å². The number of nitrogens with zero attached hydrogens (tertiary/aromatic N) is 1. The summed E-state index contributed by atoms with van der Waals surface area (Å²) >= 11 is 5.94. The van der Waals surface area contributed by atoms with Crippen molar-refractivity contribution in [3.63, 3.8) is 0 Å². The summed E-state index contributed by atoms with van der Waals surface area (Å²) in [6.45, 7) is 0.569. The molecule has 1 aromatic rings. The molecule has 112 valence electrons. The van der Waals surface area contributed by atoms with Gasteiger partial charge in [-0.05, 0) is 24.6 Å². The molecule has 20 heavy (non-hydrogen) atoms. The normalized spacial score (nSPS) is 20.6. The molecule has 1 aromatic carbocycles. The summed E-state index contributed by atoms with van der Waals surface area (Å²) in [5.41, 5.74) is 0.803. The molecule has 8 heteroatoms. The van der Waals surface area contributed by atoms with Crippen LogP contribution in [-0.2, 0) is 10.0 Å². The lowest BCUT2D eigenvalue weighted by molar-refractivity contribution is -0.00372. The Kier molecular flexibility index (Phi) is 4.34. The number of hydrogen-bond donors (Lipinski definition) is 1. The van der Waals surface area contributed by atoms with Gasteiger partial charge in [-0.15, -0.1) is 0 Å². The van der Waals surface area contributed by atoms with E-state index in [1.54, 1.807) is 13.0 Å². The number of aryl methyl sites for hydroxylation is 1. The fourth-order valence-electron chi connectivity index (χ4n) is 2.03. The molecule has 1 N–H and O–H groups in total. The van der Waals surface area contributed by atoms with E-state index in [1.807, 2.05) is 0 Å². The zero-order chi connectivity index (χ0) is 15.0. The van der Waals surface area contributed by atoms with Crippen LogP contribution in [0.2, 0.25) is 5.02 Å². The predicted molar refractivity (Wildman–Crippen MR) is 72.8 cm³/mol. The summed E-state index contributed by atoms with van der Waals surface area (Å²) in [4.78, 5) is -0.137. The molecule has 1 fully saturated rings. The molecule has 0 spiro atoms. The molecule has 0 aliphatic carbocycles. The largest absolute Gasteiger partial charge is 0.310 e. The van der Waals surface area contributed by atoms with Crippen LogP contribution in [0.25, 0.3) is 0 Å². The Balaban J connectivity index is 2.38. The van der Waals surface area contributed by atoms with E-state index in [9.17, 15) is 17.2 Å². The second kappa shape index (κ2) is 5.55. The summed E-state index contributed by atoms with van der Waals surface area (Å²) < 4.78 is 52.7. The van der Waals surface area contributed by atoms with Crippen LogP contribution in [0.5, 0.6) is 0 Å². The van der Waals surface area contributed by atoms with Gasteiger partial charge in [-0.1, -0.05) is 17.7 Å². The van der Waals surface area contributed by atoms with E-state index < -0.39 is 29.0 Å². The Morgan fingerprint density at radius 3 is 2.75 bits per heavy atom. The van der Waals surface area contributed by atoms with Crippen LogP contribution in [0.15, 0.2) is 23.1 Å². The smallest absolute Gasteiger partial charge is 0.273 e. The molecule has 0 aromatic heterocycles. The van der Waals surface area contributed by atoms with Gasteiger partial charge in [0.15, 0.2) is 0 Å². The van der Waals surface area contributed by atoms with Crippen molar-refractivity contribution in [1.82, 2.24) is 9.62 Å². The van der Waals surface area contributed by atoms with Crippen molar-refractivity contribution in [3.8, 4) is 0 Å². The Hall–Kier alpha value is -0.760. The number of rotatable bonds is 2. The first-order chi connectivity index (χ1) is 9.22. The Morgan fingerprint density at radius 1 is 1.40 bits per heavy atom. The predicted octanol–water partition coefficient (Wildman–Crippen LogP) is 1.88. The molecular weight excluding hydrogens is 310 g/mol. The second-order valence-electron chi connectivity index (χ2n) is 4.81. The van der Waals surface area contributed by atoms with Gasteiger partial charge in [0.2, 0.25) is 10.0 Å². The molecule has 0 unspecified atom stereocenters. The maximum atomic E-state index is 13.5. The number of benzene rings is 1. The number of alkyl halides is 2. The van der Waals surface area contributed by atoms with Gasteiger partial charge in [0.05, 0.1) is 18.1 Å². The molecule has 1 saturated heterocycles. The van der Waals surface area contributed by atoms with Crippen LogP contribution in [0.4, 0.5) is 8.78 Å². The first-order valence-electron chi connectivity index (χ1n) is 6.07. The molecule has 0 amide bonds. The third-order valence-corrected chi connectivity index (χ3v) is 5.36. The molecule has 1 heterocycles. The van der Waals surface area contributed by atoms with Crippen molar-refractivity contribution in [2.24, 2.45) is 0 Å². The molecule has 2 rings (SSSR count). The minimum Gasteiger partial charge on any atom is -0.310 e. The van der Waals surface area contributed by atoms with Crippen LogP contribution < -0.4 is 5.32 Å². The average Bonchev–Trinajstić information content (AvgIpc) is 2.50. The summed E-state index contributed by atoms with van der Waals surface area (Å²) in [6, 6.07) is 4.44. The van der Waals surface area contributed by atoms with Crippen LogP contribution in [0, 0.1) is 6.92 Å². The van der Waals surface area contributed by atoms with Crippen LogP contribution in [-0.4, -0.2) is 44.8 Å². The monoisotopic (exact) mass is 324 g/mol. The molecule has 0 saturated carbocycles. The Bertz CT molecular complexity index is 607. The molecule has 0 bridgehead atoms. The van der Waals surface area contributed by atoms with Gasteiger partial charge in [-0.2, -0.15) is 4.31 Å².